The Hall–Kier alpha value is -4.66. The van der Waals surface area contributed by atoms with Crippen LogP contribution in [0.5, 0.6) is 17.2 Å². The van der Waals surface area contributed by atoms with Crippen molar-refractivity contribution in [1.29, 1.82) is 0 Å². The van der Waals surface area contributed by atoms with Gasteiger partial charge in [-0.15, -0.1) is 0 Å². The van der Waals surface area contributed by atoms with E-state index in [1.807, 2.05) is 12.1 Å². The fourth-order valence-electron chi connectivity index (χ4n) is 8.86. The molecule has 0 bridgehead atoms. The van der Waals surface area contributed by atoms with E-state index in [-0.39, 0.29) is 32.5 Å². The van der Waals surface area contributed by atoms with Crippen LogP contribution in [0.25, 0.3) is 0 Å². The molecule has 0 radical (unpaired) electrons. The monoisotopic (exact) mass is 1110 g/mol. The molecule has 0 spiro atoms. The standard InChI is InChI=1S/C42H54O2S2.C16H26O.C12H10S2/c1-39(2,3)33-23-29(24-34(37(33)43)40(4,5)6)21-27-13-17-31(18-14-27)45-46-32-19-15-28(16-20-32)22-30-25-35(41(7,8)9)38(44)36(26-30)42(10,11)12;1-8-11-9-12(15(2,3)4)14(17)13(10-11)16(5,6)7;1-3-7-11(8-4-1)13-14-12-9-5-2-6-10-12/h13-20,23-26,43-44H,21-22H2,1-12H3;9-10,17H,8H2,1-7H3;1-10H. The van der Waals surface area contributed by atoms with Crippen LogP contribution in [0.1, 0.15) is 193 Å². The first-order valence-corrected chi connectivity index (χ1v) is 31.5. The number of hydrogen-bond acceptors (Lipinski definition) is 7. The maximum atomic E-state index is 11.1. The molecule has 0 fully saturated rings. The fourth-order valence-corrected chi connectivity index (χ4v) is 12.8. The summed E-state index contributed by atoms with van der Waals surface area (Å²) in [6, 6.07) is 51.6. The number of phenols is 3. The highest BCUT2D eigenvalue weighted by Gasteiger charge is 2.29. The molecule has 0 aliphatic carbocycles. The van der Waals surface area contributed by atoms with E-state index in [1.54, 1.807) is 43.2 Å². The second-order valence-electron chi connectivity index (χ2n) is 26.6. The van der Waals surface area contributed by atoms with Gasteiger partial charge in [0.05, 0.1) is 0 Å². The van der Waals surface area contributed by atoms with Gasteiger partial charge in [0.1, 0.15) is 17.2 Å². The van der Waals surface area contributed by atoms with Crippen molar-refractivity contribution < 1.29 is 15.3 Å². The summed E-state index contributed by atoms with van der Waals surface area (Å²) in [7, 11) is 7.14. The molecular weight excluding hydrogens is 1020 g/mol. The first kappa shape index (κ1) is 63.2. The minimum absolute atomic E-state index is 0.0186. The highest BCUT2D eigenvalue weighted by molar-refractivity contribution is 8.77. The van der Waals surface area contributed by atoms with Gasteiger partial charge in [0.2, 0.25) is 0 Å². The zero-order valence-electron chi connectivity index (χ0n) is 50.0. The van der Waals surface area contributed by atoms with Crippen LogP contribution < -0.4 is 0 Å². The zero-order valence-corrected chi connectivity index (χ0v) is 53.2. The number of phenolic OH excluding ortho intramolecular Hbond substituents is 3. The van der Waals surface area contributed by atoms with Gasteiger partial charge >= 0.3 is 0 Å². The van der Waals surface area contributed by atoms with E-state index < -0.39 is 0 Å². The number of aryl methyl sites for hydroxylation is 1. The summed E-state index contributed by atoms with van der Waals surface area (Å²) in [5.74, 6) is 1.35. The van der Waals surface area contributed by atoms with Gasteiger partial charge in [-0.25, -0.2) is 0 Å². The van der Waals surface area contributed by atoms with Crippen molar-refractivity contribution in [1.82, 2.24) is 0 Å². The van der Waals surface area contributed by atoms with Gasteiger partial charge in [0.15, 0.2) is 0 Å². The molecule has 0 saturated heterocycles. The van der Waals surface area contributed by atoms with E-state index in [4.69, 9.17) is 0 Å². The summed E-state index contributed by atoms with van der Waals surface area (Å²) in [5, 5.41) is 32.7. The molecule has 3 nitrogen and oxygen atoms in total. The summed E-state index contributed by atoms with van der Waals surface area (Å²) < 4.78 is 0. The highest BCUT2D eigenvalue weighted by atomic mass is 33.1. The SMILES string of the molecule is CC(C)(C)c1cc(Cc2ccc(SSc3ccc(Cc4cc(C(C)(C)C)c(O)c(C(C)(C)C)c4)cc3)cc2)cc(C(C)(C)C)c1O.CCc1cc(C(C)(C)C)c(O)c(C(C)(C)C)c1.c1ccc(SSc2ccccc2)cc1. The highest BCUT2D eigenvalue weighted by Crippen LogP contribution is 2.44. The Kier molecular flexibility index (Phi) is 21.4. The Bertz CT molecular complexity index is 2720. The molecule has 412 valence electrons. The molecule has 77 heavy (non-hydrogen) atoms. The molecule has 0 unspecified atom stereocenters. The molecule has 0 atom stereocenters. The fraction of sp³-hybridized carbons (Fsp3) is 0.400. The third kappa shape index (κ3) is 18.7. The topological polar surface area (TPSA) is 60.7 Å². The van der Waals surface area contributed by atoms with Gasteiger partial charge in [-0.2, -0.15) is 0 Å². The van der Waals surface area contributed by atoms with E-state index in [0.29, 0.717) is 17.2 Å². The smallest absolute Gasteiger partial charge is 0.123 e. The zero-order chi connectivity index (χ0) is 57.3. The Morgan fingerprint density at radius 2 is 0.481 bits per heavy atom. The summed E-state index contributed by atoms with van der Waals surface area (Å²) in [5.41, 5.74) is 11.9. The predicted molar refractivity (Wildman–Crippen MR) is 341 cm³/mol. The molecule has 0 aliphatic heterocycles. The van der Waals surface area contributed by atoms with E-state index >= 15 is 0 Å². The van der Waals surface area contributed by atoms with Gasteiger partial charge in [-0.05, 0) is 161 Å². The molecule has 0 aliphatic rings. The van der Waals surface area contributed by atoms with Gasteiger partial charge in [0, 0.05) is 19.6 Å². The number of benzene rings is 7. The minimum Gasteiger partial charge on any atom is -0.507 e. The number of rotatable bonds is 11. The van der Waals surface area contributed by atoms with Gasteiger partial charge in [0.25, 0.3) is 0 Å². The predicted octanol–water partition coefficient (Wildman–Crippen LogP) is 21.3. The van der Waals surface area contributed by atoms with E-state index in [1.165, 1.54) is 47.4 Å². The van der Waals surface area contributed by atoms with Gasteiger partial charge < -0.3 is 15.3 Å². The van der Waals surface area contributed by atoms with Crippen LogP contribution >= 0.6 is 43.2 Å². The van der Waals surface area contributed by atoms with Crippen LogP contribution in [0.15, 0.2) is 165 Å². The average molecular weight is 1110 g/mol. The van der Waals surface area contributed by atoms with Crippen molar-refractivity contribution in [3.05, 3.63) is 207 Å². The molecule has 3 N–H and O–H groups in total. The van der Waals surface area contributed by atoms with Crippen molar-refractivity contribution in [2.75, 3.05) is 0 Å². The van der Waals surface area contributed by atoms with Crippen molar-refractivity contribution in [2.24, 2.45) is 0 Å². The van der Waals surface area contributed by atoms with Gasteiger partial charge in [-0.3, -0.25) is 0 Å². The second kappa shape index (κ2) is 26.1. The van der Waals surface area contributed by atoms with Gasteiger partial charge in [-0.1, -0.05) is 272 Å². The first-order chi connectivity index (χ1) is 35.6. The maximum absolute atomic E-state index is 11.1. The molecular formula is C70H90O3S4. The van der Waals surface area contributed by atoms with Crippen LogP contribution in [0.3, 0.4) is 0 Å². The quantitative estimate of drug-likeness (QED) is 0.112. The summed E-state index contributed by atoms with van der Waals surface area (Å²) >= 11 is 0. The Balaban J connectivity index is 0.000000284. The Morgan fingerprint density at radius 1 is 0.273 bits per heavy atom. The molecule has 7 aromatic rings. The van der Waals surface area contributed by atoms with Crippen LogP contribution in [0, 0.1) is 0 Å². The molecule has 0 aromatic heterocycles. The van der Waals surface area contributed by atoms with Crippen molar-refractivity contribution >= 4 is 43.2 Å². The second-order valence-corrected chi connectivity index (χ2v) is 31.1. The van der Waals surface area contributed by atoms with E-state index in [0.717, 1.165) is 52.6 Å². The molecule has 7 aromatic carbocycles. The summed E-state index contributed by atoms with van der Waals surface area (Å²) in [6.07, 6.45) is 2.68. The van der Waals surface area contributed by atoms with Crippen LogP contribution in [-0.4, -0.2) is 15.3 Å². The maximum Gasteiger partial charge on any atom is 0.123 e. The normalized spacial score (nSPS) is 12.4. The van der Waals surface area contributed by atoms with Crippen LogP contribution in [-0.2, 0) is 51.8 Å². The lowest BCUT2D eigenvalue weighted by Gasteiger charge is -2.28. The lowest BCUT2D eigenvalue weighted by Crippen LogP contribution is -2.18. The van der Waals surface area contributed by atoms with E-state index in [2.05, 4.69) is 265 Å². The molecule has 7 rings (SSSR count). The van der Waals surface area contributed by atoms with Crippen molar-refractivity contribution in [3.8, 4) is 17.2 Å². The minimum atomic E-state index is -0.132. The average Bonchev–Trinajstić information content (AvgIpc) is 3.33. The lowest BCUT2D eigenvalue weighted by atomic mass is 9.78. The molecule has 0 amide bonds. The van der Waals surface area contributed by atoms with E-state index in [9.17, 15) is 15.3 Å². The Labute approximate surface area is 482 Å². The summed E-state index contributed by atoms with van der Waals surface area (Å²) in [6.45, 7) is 41.0. The molecule has 7 heteroatoms. The third-order valence-corrected chi connectivity index (χ3v) is 18.2. The largest absolute Gasteiger partial charge is 0.507 e. The number of hydrogen-bond donors (Lipinski definition) is 3. The van der Waals surface area contributed by atoms with Crippen LogP contribution in [0.4, 0.5) is 0 Å². The van der Waals surface area contributed by atoms with Crippen molar-refractivity contribution in [3.63, 3.8) is 0 Å². The molecule has 0 heterocycles. The van der Waals surface area contributed by atoms with Crippen molar-refractivity contribution in [2.45, 2.75) is 203 Å². The lowest BCUT2D eigenvalue weighted by molar-refractivity contribution is 0.422. The third-order valence-electron chi connectivity index (χ3n) is 13.4. The van der Waals surface area contributed by atoms with Crippen LogP contribution in [0.2, 0.25) is 0 Å². The first-order valence-electron chi connectivity index (χ1n) is 27.2. The molecule has 0 saturated carbocycles. The number of aromatic hydroxyl groups is 3. The summed E-state index contributed by atoms with van der Waals surface area (Å²) in [4.78, 5) is 5.04. The Morgan fingerprint density at radius 3 is 0.688 bits per heavy atom.